The van der Waals surface area contributed by atoms with E-state index < -0.39 is 39.3 Å². The van der Waals surface area contributed by atoms with Crippen LogP contribution in [0.3, 0.4) is 0 Å². The number of fused-ring (bicyclic) bond motifs is 5. The van der Waals surface area contributed by atoms with E-state index in [1.807, 2.05) is 27.7 Å². The van der Waals surface area contributed by atoms with Crippen molar-refractivity contribution < 1.29 is 26.9 Å². The van der Waals surface area contributed by atoms with Crippen molar-refractivity contribution >= 4 is 16.1 Å². The minimum absolute atomic E-state index is 0.218. The van der Waals surface area contributed by atoms with E-state index in [1.54, 1.807) is 13.8 Å². The van der Waals surface area contributed by atoms with Crippen molar-refractivity contribution in [1.29, 1.82) is 0 Å². The minimum Gasteiger partial charge on any atom is -0.459 e. The van der Waals surface area contributed by atoms with Gasteiger partial charge in [-0.2, -0.15) is 8.42 Å². The third kappa shape index (κ3) is 3.22. The van der Waals surface area contributed by atoms with Crippen molar-refractivity contribution in [3.05, 3.63) is 0 Å². The van der Waals surface area contributed by atoms with Crippen LogP contribution in [0.4, 0.5) is 0 Å². The highest BCUT2D eigenvalue weighted by molar-refractivity contribution is 7.87. The molecule has 5 atom stereocenters. The summed E-state index contributed by atoms with van der Waals surface area (Å²) in [5.74, 6) is -0.597. The Bertz CT molecular complexity index is 636. The molecule has 0 aromatic rings. The number of rotatable bonds is 5. The van der Waals surface area contributed by atoms with Crippen molar-refractivity contribution in [3.8, 4) is 0 Å². The Morgan fingerprint density at radius 1 is 1.24 bits per heavy atom. The van der Waals surface area contributed by atoms with Gasteiger partial charge in [0.05, 0.1) is 18.2 Å². The summed E-state index contributed by atoms with van der Waals surface area (Å²) in [7, 11) is -3.63. The summed E-state index contributed by atoms with van der Waals surface area (Å²) >= 11 is 0. The van der Waals surface area contributed by atoms with Gasteiger partial charge in [0, 0.05) is 24.4 Å². The topological polar surface area (TPSA) is 82.1 Å². The lowest BCUT2D eigenvalue weighted by atomic mass is 9.77. The van der Waals surface area contributed by atoms with Gasteiger partial charge in [-0.05, 0) is 41.5 Å². The molecule has 0 aromatic heterocycles. The number of ether oxygens (including phenoxy) is 2. The Hall–Kier alpha value is -0.700. The van der Waals surface area contributed by atoms with Crippen LogP contribution >= 0.6 is 0 Å². The predicted molar refractivity (Wildman–Crippen MR) is 91.5 cm³/mol. The van der Waals surface area contributed by atoms with Gasteiger partial charge in [0.15, 0.2) is 0 Å². The molecule has 3 saturated heterocycles. The Kier molecular flexibility index (Phi) is 4.71. The third-order valence-electron chi connectivity index (χ3n) is 5.63. The quantitative estimate of drug-likeness (QED) is 0.529. The van der Waals surface area contributed by atoms with Crippen LogP contribution in [-0.2, 0) is 28.6 Å². The Labute approximate surface area is 150 Å². The molecule has 0 amide bonds. The molecule has 144 valence electrons. The van der Waals surface area contributed by atoms with Gasteiger partial charge in [-0.3, -0.25) is 13.9 Å². The lowest BCUT2D eigenvalue weighted by Gasteiger charge is -2.33. The van der Waals surface area contributed by atoms with Crippen molar-refractivity contribution in [1.82, 2.24) is 4.90 Å². The van der Waals surface area contributed by atoms with Crippen LogP contribution in [0.15, 0.2) is 0 Å². The summed E-state index contributed by atoms with van der Waals surface area (Å²) in [6, 6.07) is 0.473. The largest absolute Gasteiger partial charge is 0.459 e. The maximum Gasteiger partial charge on any atom is 0.320 e. The molecule has 0 aromatic carbocycles. The van der Waals surface area contributed by atoms with E-state index in [1.165, 1.54) is 0 Å². The zero-order valence-corrected chi connectivity index (χ0v) is 16.6. The van der Waals surface area contributed by atoms with Crippen LogP contribution in [0.2, 0.25) is 0 Å². The molecule has 8 heteroatoms. The van der Waals surface area contributed by atoms with E-state index in [4.69, 9.17) is 13.7 Å². The second kappa shape index (κ2) is 6.18. The van der Waals surface area contributed by atoms with Crippen molar-refractivity contribution in [2.45, 2.75) is 89.2 Å². The van der Waals surface area contributed by atoms with Crippen molar-refractivity contribution in [2.75, 3.05) is 6.54 Å². The van der Waals surface area contributed by atoms with Gasteiger partial charge in [0.25, 0.3) is 10.1 Å². The lowest BCUT2D eigenvalue weighted by Crippen LogP contribution is -2.48. The SMILES string of the molecule is CC(C)N(CC(=O)OC1CC2OC1C1C2S(=O)(=O)OC1(C)C)C(C)C. The van der Waals surface area contributed by atoms with Crippen LogP contribution in [0.25, 0.3) is 0 Å². The van der Waals surface area contributed by atoms with Crippen LogP contribution in [0.1, 0.15) is 48.0 Å². The number of carbonyl (C=O) groups excluding carboxylic acids is 1. The zero-order valence-electron chi connectivity index (χ0n) is 15.8. The fourth-order valence-electron chi connectivity index (χ4n) is 4.65. The zero-order chi connectivity index (χ0) is 18.7. The molecular weight excluding hydrogens is 346 g/mol. The molecule has 3 aliphatic heterocycles. The van der Waals surface area contributed by atoms with Gasteiger partial charge in [-0.25, -0.2) is 0 Å². The summed E-state index contributed by atoms with van der Waals surface area (Å²) in [6.45, 7) is 11.9. The van der Waals surface area contributed by atoms with Crippen LogP contribution in [-0.4, -0.2) is 67.1 Å². The monoisotopic (exact) mass is 375 g/mol. The van der Waals surface area contributed by atoms with Gasteiger partial charge in [0.1, 0.15) is 17.5 Å². The van der Waals surface area contributed by atoms with Gasteiger partial charge in [0.2, 0.25) is 0 Å². The molecule has 3 aliphatic rings. The van der Waals surface area contributed by atoms with Crippen LogP contribution in [0, 0.1) is 5.92 Å². The summed E-state index contributed by atoms with van der Waals surface area (Å²) in [5.41, 5.74) is -0.837. The highest BCUT2D eigenvalue weighted by Crippen LogP contribution is 2.54. The Balaban J connectivity index is 1.68. The first-order chi connectivity index (χ1) is 11.4. The van der Waals surface area contributed by atoms with E-state index in [0.29, 0.717) is 6.42 Å². The average Bonchev–Trinajstić information content (AvgIpc) is 3.05. The fourth-order valence-corrected chi connectivity index (χ4v) is 6.86. The van der Waals surface area contributed by atoms with Crippen molar-refractivity contribution in [3.63, 3.8) is 0 Å². The summed E-state index contributed by atoms with van der Waals surface area (Å²) in [5, 5.41) is -0.648. The smallest absolute Gasteiger partial charge is 0.320 e. The highest BCUT2D eigenvalue weighted by Gasteiger charge is 2.69. The minimum atomic E-state index is -3.63. The number of hydrogen-bond donors (Lipinski definition) is 0. The summed E-state index contributed by atoms with van der Waals surface area (Å²) in [6.07, 6.45) is -0.862. The van der Waals surface area contributed by atoms with E-state index in [2.05, 4.69) is 4.90 Å². The molecule has 3 fully saturated rings. The van der Waals surface area contributed by atoms with Gasteiger partial charge in [-0.15, -0.1) is 0 Å². The van der Waals surface area contributed by atoms with Gasteiger partial charge >= 0.3 is 5.97 Å². The lowest BCUT2D eigenvalue weighted by molar-refractivity contribution is -0.156. The molecule has 3 rings (SSSR count). The number of nitrogens with zero attached hydrogens (tertiary/aromatic N) is 1. The summed E-state index contributed by atoms with van der Waals surface area (Å²) in [4.78, 5) is 14.5. The van der Waals surface area contributed by atoms with Gasteiger partial charge in [-0.1, -0.05) is 0 Å². The van der Waals surface area contributed by atoms with Gasteiger partial charge < -0.3 is 9.47 Å². The van der Waals surface area contributed by atoms with Crippen molar-refractivity contribution in [2.24, 2.45) is 5.92 Å². The maximum atomic E-state index is 12.4. The first kappa shape index (κ1) is 19.1. The molecule has 0 saturated carbocycles. The van der Waals surface area contributed by atoms with Crippen LogP contribution < -0.4 is 0 Å². The molecule has 0 aliphatic carbocycles. The second-order valence-electron chi connectivity index (χ2n) is 8.43. The molecule has 3 heterocycles. The standard InChI is InChI=1S/C17H29NO6S/c1-9(2)18(10(3)4)8-13(19)22-11-7-12-16-14(15(11)23-12)17(5,6)24-25(16,20)21/h9-12,14-16H,7-8H2,1-6H3. The Morgan fingerprint density at radius 3 is 2.40 bits per heavy atom. The van der Waals surface area contributed by atoms with E-state index in [0.717, 1.165) is 0 Å². The van der Waals surface area contributed by atoms with Crippen LogP contribution in [0.5, 0.6) is 0 Å². The average molecular weight is 375 g/mol. The molecule has 25 heavy (non-hydrogen) atoms. The second-order valence-corrected chi connectivity index (χ2v) is 10.1. The molecule has 0 radical (unpaired) electrons. The molecule has 0 N–H and O–H groups in total. The third-order valence-corrected chi connectivity index (χ3v) is 7.55. The van der Waals surface area contributed by atoms with E-state index >= 15 is 0 Å². The number of carbonyl (C=O) groups is 1. The van der Waals surface area contributed by atoms with E-state index in [-0.39, 0.29) is 30.5 Å². The maximum absolute atomic E-state index is 12.4. The normalized spacial score (nSPS) is 37.9. The Morgan fingerprint density at radius 2 is 1.84 bits per heavy atom. The fraction of sp³-hybridized carbons (Fsp3) is 0.941. The highest BCUT2D eigenvalue weighted by atomic mass is 32.2. The molecular formula is C17H29NO6S. The molecule has 7 nitrogen and oxygen atoms in total. The molecule has 0 spiro atoms. The molecule has 2 bridgehead atoms. The van der Waals surface area contributed by atoms with E-state index in [9.17, 15) is 13.2 Å². The first-order valence-corrected chi connectivity index (χ1v) is 10.5. The number of hydrogen-bond acceptors (Lipinski definition) is 7. The molecule has 5 unspecified atom stereocenters. The predicted octanol–water partition coefficient (Wildman–Crippen LogP) is 1.31. The summed E-state index contributed by atoms with van der Waals surface area (Å²) < 4.78 is 41.4. The first-order valence-electron chi connectivity index (χ1n) is 8.99. The number of esters is 1.